The minimum Gasteiger partial charge on any atom is -0.293 e. The molecule has 0 saturated heterocycles. The first-order chi connectivity index (χ1) is 13.6. The van der Waals surface area contributed by atoms with Gasteiger partial charge in [0.1, 0.15) is 11.6 Å². The minimum absolute atomic E-state index is 0.0781. The first-order valence-electron chi connectivity index (χ1n) is 8.36. The summed E-state index contributed by atoms with van der Waals surface area (Å²) in [6.07, 6.45) is 0. The Morgan fingerprint density at radius 1 is 1.07 bits per heavy atom. The number of hydrogen-bond acceptors (Lipinski definition) is 4. The monoisotopic (exact) mass is 416 g/mol. The summed E-state index contributed by atoms with van der Waals surface area (Å²) in [6.45, 7) is 1.65. The Morgan fingerprint density at radius 3 is 2.38 bits per heavy atom. The zero-order valence-corrected chi connectivity index (χ0v) is 15.8. The predicted molar refractivity (Wildman–Crippen MR) is 103 cm³/mol. The number of aryl methyl sites for hydroxylation is 1. The van der Waals surface area contributed by atoms with Gasteiger partial charge in [-0.05, 0) is 31.2 Å². The van der Waals surface area contributed by atoms with E-state index < -0.39 is 27.2 Å². The third-order valence-electron chi connectivity index (χ3n) is 4.48. The van der Waals surface area contributed by atoms with E-state index in [2.05, 4.69) is 10.1 Å². The van der Waals surface area contributed by atoms with Crippen LogP contribution in [0.15, 0.2) is 58.2 Å². The second-order valence-corrected chi connectivity index (χ2v) is 8.01. The van der Waals surface area contributed by atoms with Crippen molar-refractivity contribution < 1.29 is 17.2 Å². The molecule has 0 atom stereocenters. The van der Waals surface area contributed by atoms with Crippen molar-refractivity contribution in [3.8, 4) is 22.4 Å². The summed E-state index contributed by atoms with van der Waals surface area (Å²) < 4.78 is 51.7. The number of benzene rings is 2. The van der Waals surface area contributed by atoms with E-state index in [9.17, 15) is 22.0 Å². The Labute approximate surface area is 163 Å². The molecule has 0 saturated carbocycles. The highest BCUT2D eigenvalue weighted by atomic mass is 32.2. The van der Waals surface area contributed by atoms with E-state index >= 15 is 0 Å². The Bertz CT molecular complexity index is 1420. The van der Waals surface area contributed by atoms with Gasteiger partial charge in [-0.25, -0.2) is 31.8 Å². The summed E-state index contributed by atoms with van der Waals surface area (Å²) >= 11 is 0. The van der Waals surface area contributed by atoms with Crippen molar-refractivity contribution in [3.05, 3.63) is 76.2 Å². The highest BCUT2D eigenvalue weighted by molar-refractivity contribution is 7.89. The number of hydrogen-bond donors (Lipinski definition) is 2. The van der Waals surface area contributed by atoms with E-state index in [4.69, 9.17) is 5.14 Å². The number of aromatic amines is 1. The molecule has 2 aromatic heterocycles. The van der Waals surface area contributed by atoms with Gasteiger partial charge in [-0.3, -0.25) is 9.89 Å². The number of sulfonamides is 1. The van der Waals surface area contributed by atoms with Crippen molar-refractivity contribution in [2.45, 2.75) is 11.8 Å². The van der Waals surface area contributed by atoms with Crippen LogP contribution in [0.2, 0.25) is 0 Å². The van der Waals surface area contributed by atoms with Crippen LogP contribution in [0.4, 0.5) is 8.78 Å². The Kier molecular flexibility index (Phi) is 4.32. The van der Waals surface area contributed by atoms with Crippen LogP contribution < -0.4 is 10.7 Å². The molecule has 148 valence electrons. The fourth-order valence-electron chi connectivity index (χ4n) is 3.13. The third-order valence-corrected chi connectivity index (χ3v) is 5.41. The average molecular weight is 416 g/mol. The molecular formula is C19H14F2N4O3S. The molecule has 7 nitrogen and oxygen atoms in total. The molecule has 0 bridgehead atoms. The van der Waals surface area contributed by atoms with Gasteiger partial charge in [0.15, 0.2) is 5.65 Å². The summed E-state index contributed by atoms with van der Waals surface area (Å²) in [6, 6.07) is 9.96. The van der Waals surface area contributed by atoms with E-state index in [1.165, 1.54) is 36.4 Å². The topological polar surface area (TPSA) is 110 Å². The predicted octanol–water partition coefficient (Wildman–Crippen LogP) is 2.59. The molecule has 4 aromatic rings. The molecule has 0 aliphatic heterocycles. The van der Waals surface area contributed by atoms with Crippen molar-refractivity contribution in [2.75, 3.05) is 0 Å². The van der Waals surface area contributed by atoms with Gasteiger partial charge < -0.3 is 0 Å². The van der Waals surface area contributed by atoms with Crippen molar-refractivity contribution in [1.82, 2.24) is 14.6 Å². The molecule has 0 spiro atoms. The van der Waals surface area contributed by atoms with Crippen molar-refractivity contribution in [1.29, 1.82) is 0 Å². The molecule has 0 amide bonds. The van der Waals surface area contributed by atoms with Crippen LogP contribution in [0.5, 0.6) is 0 Å². The highest BCUT2D eigenvalue weighted by Gasteiger charge is 2.18. The van der Waals surface area contributed by atoms with E-state index in [1.807, 2.05) is 0 Å². The normalized spacial score (nSPS) is 11.9. The number of nitrogens with one attached hydrogen (secondary N) is 1. The van der Waals surface area contributed by atoms with Crippen LogP contribution in [0.25, 0.3) is 28.0 Å². The fourth-order valence-corrected chi connectivity index (χ4v) is 3.64. The summed E-state index contributed by atoms with van der Waals surface area (Å²) in [5, 5.41) is 7.92. The van der Waals surface area contributed by atoms with Gasteiger partial charge in [0.2, 0.25) is 10.0 Å². The van der Waals surface area contributed by atoms with E-state index in [0.717, 1.165) is 16.6 Å². The van der Waals surface area contributed by atoms with Crippen molar-refractivity contribution in [2.24, 2.45) is 5.14 Å². The minimum atomic E-state index is -3.86. The van der Waals surface area contributed by atoms with Crippen LogP contribution in [-0.4, -0.2) is 23.0 Å². The lowest BCUT2D eigenvalue weighted by Gasteiger charge is -2.05. The van der Waals surface area contributed by atoms with Gasteiger partial charge >= 0.3 is 0 Å². The summed E-state index contributed by atoms with van der Waals surface area (Å²) in [7, 11) is -3.86. The Balaban J connectivity index is 1.94. The molecule has 0 fully saturated rings. The maximum atomic E-state index is 14.4. The Hall–Kier alpha value is -3.37. The number of nitrogens with two attached hydrogens (primary N) is 1. The van der Waals surface area contributed by atoms with Gasteiger partial charge in [-0.2, -0.15) is 0 Å². The molecule has 0 radical (unpaired) electrons. The third kappa shape index (κ3) is 3.32. The van der Waals surface area contributed by atoms with Gasteiger partial charge in [0.05, 0.1) is 10.6 Å². The largest absolute Gasteiger partial charge is 0.293 e. The molecule has 0 aliphatic carbocycles. The molecule has 2 heterocycles. The van der Waals surface area contributed by atoms with Gasteiger partial charge in [0.25, 0.3) is 5.56 Å². The van der Waals surface area contributed by atoms with Crippen LogP contribution in [0, 0.1) is 18.6 Å². The summed E-state index contributed by atoms with van der Waals surface area (Å²) in [4.78, 5) is 16.9. The standard InChI is InChI=1S/C19H14F2N4O3S/c1-10-18(14-7-4-12(20)8-15(14)21)19-23-16(9-17(26)25(19)24-10)11-2-5-13(6-3-11)29(22,27)28/h2-9,24H,1H3,(H2,22,27,28). The first-order valence-corrected chi connectivity index (χ1v) is 9.91. The smallest absolute Gasteiger partial charge is 0.273 e. The molecule has 2 aromatic carbocycles. The van der Waals surface area contributed by atoms with Crippen LogP contribution in [-0.2, 0) is 10.0 Å². The number of fused-ring (bicyclic) bond motifs is 1. The van der Waals surface area contributed by atoms with E-state index in [0.29, 0.717) is 16.8 Å². The number of rotatable bonds is 3. The van der Waals surface area contributed by atoms with Gasteiger partial charge in [-0.15, -0.1) is 0 Å². The summed E-state index contributed by atoms with van der Waals surface area (Å²) in [5.74, 6) is -1.50. The van der Waals surface area contributed by atoms with Crippen molar-refractivity contribution >= 4 is 15.7 Å². The highest BCUT2D eigenvalue weighted by Crippen LogP contribution is 2.30. The van der Waals surface area contributed by atoms with E-state index in [1.54, 1.807) is 6.92 Å². The lowest BCUT2D eigenvalue weighted by molar-refractivity contribution is 0.585. The van der Waals surface area contributed by atoms with Gasteiger partial charge in [-0.1, -0.05) is 12.1 Å². The number of halogens is 2. The molecule has 0 unspecified atom stereocenters. The Morgan fingerprint density at radius 2 is 1.76 bits per heavy atom. The van der Waals surface area contributed by atoms with Gasteiger partial charge in [0, 0.05) is 34.5 Å². The van der Waals surface area contributed by atoms with Crippen LogP contribution >= 0.6 is 0 Å². The maximum Gasteiger partial charge on any atom is 0.273 e. The van der Waals surface area contributed by atoms with Crippen molar-refractivity contribution in [3.63, 3.8) is 0 Å². The second-order valence-electron chi connectivity index (χ2n) is 6.44. The molecular weight excluding hydrogens is 402 g/mol. The number of aromatic nitrogens is 3. The zero-order chi connectivity index (χ0) is 20.9. The molecule has 0 aliphatic rings. The van der Waals surface area contributed by atoms with Crippen LogP contribution in [0.3, 0.4) is 0 Å². The fraction of sp³-hybridized carbons (Fsp3) is 0.0526. The van der Waals surface area contributed by atoms with E-state index in [-0.39, 0.29) is 21.8 Å². The van der Waals surface area contributed by atoms with Crippen LogP contribution in [0.1, 0.15) is 5.69 Å². The molecule has 10 heteroatoms. The second kappa shape index (κ2) is 6.61. The number of primary sulfonamides is 1. The SMILES string of the molecule is Cc1[nH]n2c(=O)cc(-c3ccc(S(N)(=O)=O)cc3)nc2c1-c1ccc(F)cc1F. The molecule has 3 N–H and O–H groups in total. The maximum absolute atomic E-state index is 14.4. The molecule has 4 rings (SSSR count). The average Bonchev–Trinajstić information content (AvgIpc) is 2.98. The zero-order valence-electron chi connectivity index (χ0n) is 15.0. The number of H-pyrrole nitrogens is 1. The summed E-state index contributed by atoms with van der Waals surface area (Å²) in [5.41, 5.74) is 1.34. The molecule has 29 heavy (non-hydrogen) atoms. The lowest BCUT2D eigenvalue weighted by Crippen LogP contribution is -2.14. The quantitative estimate of drug-likeness (QED) is 0.535. The first kappa shape index (κ1) is 19.0. The number of nitrogens with zero attached hydrogens (tertiary/aromatic N) is 2. The lowest BCUT2D eigenvalue weighted by atomic mass is 10.1.